The number of nitrogens with zero attached hydrogens (tertiary/aromatic N) is 3. The molecule has 7 nitrogen and oxygen atoms in total. The molecule has 0 aliphatic carbocycles. The molecule has 7 heteroatoms. The number of carbonyl (C=O) groups is 1. The van der Waals surface area contributed by atoms with Crippen LogP contribution >= 0.6 is 0 Å². The zero-order valence-electron chi connectivity index (χ0n) is 11.4. The van der Waals surface area contributed by atoms with Crippen molar-refractivity contribution in [3.63, 3.8) is 0 Å². The standard InChI is InChI=1S/C14H14N4O3/c1-17-8-2-3-13(17)9-14(19)16-15-10-11-4-6-12(7-5-11)18(20)21/h2-8,10H,9H2,1H3,(H,16,19)/b15-10-. The van der Waals surface area contributed by atoms with E-state index in [0.717, 1.165) is 5.69 Å². The van der Waals surface area contributed by atoms with E-state index in [-0.39, 0.29) is 18.0 Å². The van der Waals surface area contributed by atoms with Crippen LogP contribution in [0.3, 0.4) is 0 Å². The normalized spacial score (nSPS) is 10.7. The molecule has 0 saturated heterocycles. The largest absolute Gasteiger partial charge is 0.354 e. The third-order valence-corrected chi connectivity index (χ3v) is 2.90. The zero-order chi connectivity index (χ0) is 15.2. The molecule has 0 bridgehead atoms. The van der Waals surface area contributed by atoms with Crippen molar-refractivity contribution in [1.82, 2.24) is 9.99 Å². The first-order valence-electron chi connectivity index (χ1n) is 6.23. The summed E-state index contributed by atoms with van der Waals surface area (Å²) in [5.74, 6) is -0.227. The van der Waals surface area contributed by atoms with E-state index >= 15 is 0 Å². The van der Waals surface area contributed by atoms with Gasteiger partial charge in [-0.2, -0.15) is 5.10 Å². The van der Waals surface area contributed by atoms with Crippen LogP contribution in [0.2, 0.25) is 0 Å². The fourth-order valence-corrected chi connectivity index (χ4v) is 1.75. The maximum Gasteiger partial charge on any atom is 0.269 e. The lowest BCUT2D eigenvalue weighted by Gasteiger charge is -2.01. The lowest BCUT2D eigenvalue weighted by molar-refractivity contribution is -0.384. The van der Waals surface area contributed by atoms with Gasteiger partial charge in [-0.3, -0.25) is 14.9 Å². The molecule has 1 aromatic carbocycles. The molecule has 0 atom stereocenters. The summed E-state index contributed by atoms with van der Waals surface area (Å²) in [6.07, 6.45) is 3.54. The van der Waals surface area contributed by atoms with E-state index in [2.05, 4.69) is 10.5 Å². The van der Waals surface area contributed by atoms with E-state index in [0.29, 0.717) is 5.56 Å². The maximum absolute atomic E-state index is 11.7. The Kier molecular flexibility index (Phi) is 4.45. The van der Waals surface area contributed by atoms with Crippen LogP contribution < -0.4 is 5.43 Å². The molecule has 0 unspecified atom stereocenters. The van der Waals surface area contributed by atoms with Crippen LogP contribution in [0.1, 0.15) is 11.3 Å². The molecule has 21 heavy (non-hydrogen) atoms. The van der Waals surface area contributed by atoms with Gasteiger partial charge in [0.2, 0.25) is 5.91 Å². The minimum absolute atomic E-state index is 0.0138. The van der Waals surface area contributed by atoms with Crippen molar-refractivity contribution >= 4 is 17.8 Å². The fourth-order valence-electron chi connectivity index (χ4n) is 1.75. The molecular weight excluding hydrogens is 272 g/mol. The highest BCUT2D eigenvalue weighted by atomic mass is 16.6. The van der Waals surface area contributed by atoms with Gasteiger partial charge in [-0.1, -0.05) is 0 Å². The number of benzene rings is 1. The lowest BCUT2D eigenvalue weighted by atomic mass is 10.2. The van der Waals surface area contributed by atoms with Crippen LogP contribution in [0.15, 0.2) is 47.7 Å². The summed E-state index contributed by atoms with van der Waals surface area (Å²) in [7, 11) is 1.86. The number of hydrogen-bond acceptors (Lipinski definition) is 4. The second-order valence-corrected chi connectivity index (χ2v) is 4.43. The van der Waals surface area contributed by atoms with Crippen LogP contribution in [0, 0.1) is 10.1 Å². The Bertz CT molecular complexity index is 674. The minimum Gasteiger partial charge on any atom is -0.354 e. The monoisotopic (exact) mass is 286 g/mol. The van der Waals surface area contributed by atoms with Crippen LogP contribution in [0.25, 0.3) is 0 Å². The van der Waals surface area contributed by atoms with Gasteiger partial charge >= 0.3 is 0 Å². The highest BCUT2D eigenvalue weighted by molar-refractivity contribution is 5.83. The fraction of sp³-hybridized carbons (Fsp3) is 0.143. The Hall–Kier alpha value is -2.96. The van der Waals surface area contributed by atoms with Crippen molar-refractivity contribution < 1.29 is 9.72 Å². The first-order chi connectivity index (χ1) is 10.1. The summed E-state index contributed by atoms with van der Waals surface area (Å²) in [5, 5.41) is 14.3. The minimum atomic E-state index is -0.470. The summed E-state index contributed by atoms with van der Waals surface area (Å²) in [6, 6.07) is 9.61. The van der Waals surface area contributed by atoms with E-state index in [1.54, 1.807) is 12.1 Å². The van der Waals surface area contributed by atoms with Crippen LogP contribution in [0.5, 0.6) is 0 Å². The van der Waals surface area contributed by atoms with E-state index in [4.69, 9.17) is 0 Å². The Morgan fingerprint density at radius 2 is 2.10 bits per heavy atom. The number of aryl methyl sites for hydroxylation is 1. The number of nitrogens with one attached hydrogen (secondary N) is 1. The molecule has 0 radical (unpaired) electrons. The van der Waals surface area contributed by atoms with Gasteiger partial charge < -0.3 is 4.57 Å². The molecule has 1 heterocycles. The second-order valence-electron chi connectivity index (χ2n) is 4.43. The Labute approximate surface area is 121 Å². The third-order valence-electron chi connectivity index (χ3n) is 2.90. The molecule has 1 amide bonds. The SMILES string of the molecule is Cn1cccc1CC(=O)N/N=C\c1ccc([N+](=O)[O-])cc1. The first-order valence-corrected chi connectivity index (χ1v) is 6.23. The van der Waals surface area contributed by atoms with Crippen LogP contribution in [0.4, 0.5) is 5.69 Å². The number of aromatic nitrogens is 1. The summed E-state index contributed by atoms with van der Waals surface area (Å²) in [5.41, 5.74) is 3.98. The van der Waals surface area contributed by atoms with Gasteiger partial charge in [-0.05, 0) is 29.8 Å². The molecule has 2 aromatic rings. The number of hydrazone groups is 1. The van der Waals surface area contributed by atoms with Gasteiger partial charge in [-0.25, -0.2) is 5.43 Å². The first kappa shape index (κ1) is 14.4. The smallest absolute Gasteiger partial charge is 0.269 e. The number of rotatable bonds is 5. The molecule has 2 rings (SSSR count). The van der Waals surface area contributed by atoms with Gasteiger partial charge in [0.25, 0.3) is 5.69 Å². The van der Waals surface area contributed by atoms with Gasteiger partial charge in [0.1, 0.15) is 0 Å². The molecule has 108 valence electrons. The zero-order valence-corrected chi connectivity index (χ0v) is 11.4. The molecule has 0 spiro atoms. The Morgan fingerprint density at radius 1 is 1.38 bits per heavy atom. The van der Waals surface area contributed by atoms with E-state index in [1.165, 1.54) is 18.3 Å². The highest BCUT2D eigenvalue weighted by Crippen LogP contribution is 2.10. The summed E-state index contributed by atoms with van der Waals surface area (Å²) in [6.45, 7) is 0. The van der Waals surface area contributed by atoms with Crippen molar-refractivity contribution in [2.45, 2.75) is 6.42 Å². The van der Waals surface area contributed by atoms with Gasteiger partial charge in [0.15, 0.2) is 0 Å². The molecule has 1 N–H and O–H groups in total. The van der Waals surface area contributed by atoms with Gasteiger partial charge in [0.05, 0.1) is 17.6 Å². The van der Waals surface area contributed by atoms with Crippen molar-refractivity contribution in [1.29, 1.82) is 0 Å². The molecule has 0 fully saturated rings. The molecule has 0 aliphatic rings. The predicted octanol–water partition coefficient (Wildman–Crippen LogP) is 1.63. The molecule has 0 aliphatic heterocycles. The average molecular weight is 286 g/mol. The lowest BCUT2D eigenvalue weighted by Crippen LogP contribution is -2.20. The number of carbonyl (C=O) groups excluding carboxylic acids is 1. The number of nitro benzene ring substituents is 1. The van der Waals surface area contributed by atoms with E-state index < -0.39 is 4.92 Å². The average Bonchev–Trinajstić information content (AvgIpc) is 2.85. The second kappa shape index (κ2) is 6.47. The predicted molar refractivity (Wildman–Crippen MR) is 78.0 cm³/mol. The number of hydrogen-bond donors (Lipinski definition) is 1. The third kappa shape index (κ3) is 4.00. The van der Waals surface area contributed by atoms with Crippen molar-refractivity contribution in [3.8, 4) is 0 Å². The summed E-state index contributed by atoms with van der Waals surface area (Å²) in [4.78, 5) is 21.7. The maximum atomic E-state index is 11.7. The van der Waals surface area contributed by atoms with Gasteiger partial charge in [0, 0.05) is 31.1 Å². The molecule has 1 aromatic heterocycles. The topological polar surface area (TPSA) is 89.5 Å². The van der Waals surface area contributed by atoms with Crippen LogP contribution in [-0.2, 0) is 18.3 Å². The van der Waals surface area contributed by atoms with E-state index in [9.17, 15) is 14.9 Å². The molecular formula is C14H14N4O3. The summed E-state index contributed by atoms with van der Waals surface area (Å²) >= 11 is 0. The van der Waals surface area contributed by atoms with Crippen molar-refractivity contribution in [2.75, 3.05) is 0 Å². The number of non-ortho nitro benzene ring substituents is 1. The highest BCUT2D eigenvalue weighted by Gasteiger charge is 2.05. The van der Waals surface area contributed by atoms with Crippen molar-refractivity contribution in [2.24, 2.45) is 12.1 Å². The molecule has 0 saturated carbocycles. The summed E-state index contributed by atoms with van der Waals surface area (Å²) < 4.78 is 1.86. The van der Waals surface area contributed by atoms with Crippen LogP contribution in [-0.4, -0.2) is 21.6 Å². The van der Waals surface area contributed by atoms with Gasteiger partial charge in [-0.15, -0.1) is 0 Å². The number of nitro groups is 1. The Balaban J connectivity index is 1.88. The Morgan fingerprint density at radius 3 is 2.67 bits per heavy atom. The number of amides is 1. The quantitative estimate of drug-likeness (QED) is 0.514. The van der Waals surface area contributed by atoms with E-state index in [1.807, 2.05) is 29.9 Å². The van der Waals surface area contributed by atoms with Crippen molar-refractivity contribution in [3.05, 3.63) is 64.0 Å².